The maximum Gasteiger partial charge on any atom is 0.472 e. The van der Waals surface area contributed by atoms with E-state index in [4.69, 9.17) is 24.3 Å². The van der Waals surface area contributed by atoms with E-state index in [1.807, 2.05) is 0 Å². The standard InChI is InChI=1S/C41H70NO8P/c1-3-5-7-9-11-13-15-17-18-19-20-22-24-26-28-30-32-34-41(44)50-39(38-49-51(45,46)48-36-35-42)37-47-40(43)33-31-29-27-25-23-21-16-14-12-10-8-6-4-2/h5-8,11-14,17-18,21,23,39H,3-4,9-10,15-16,19-20,22,24-38,42H2,1-2H3,(H,45,46)/b7-5-,8-6-,13-11-,14-12-,18-17-,23-21-. The molecule has 0 aliphatic heterocycles. The van der Waals surface area contributed by atoms with Crippen LogP contribution in [0.5, 0.6) is 0 Å². The van der Waals surface area contributed by atoms with Crippen LogP contribution in [0.1, 0.15) is 142 Å². The van der Waals surface area contributed by atoms with E-state index in [-0.39, 0.29) is 32.6 Å². The second kappa shape index (κ2) is 37.2. The topological polar surface area (TPSA) is 134 Å². The van der Waals surface area contributed by atoms with Crippen LogP contribution in [0.3, 0.4) is 0 Å². The van der Waals surface area contributed by atoms with E-state index in [2.05, 4.69) is 86.8 Å². The Kier molecular flexibility index (Phi) is 35.4. The third-order valence-corrected chi connectivity index (χ3v) is 8.57. The Morgan fingerprint density at radius 1 is 0.588 bits per heavy atom. The summed E-state index contributed by atoms with van der Waals surface area (Å²) >= 11 is 0. The molecule has 0 aromatic rings. The summed E-state index contributed by atoms with van der Waals surface area (Å²) < 4.78 is 32.6. The van der Waals surface area contributed by atoms with Gasteiger partial charge >= 0.3 is 19.8 Å². The van der Waals surface area contributed by atoms with Gasteiger partial charge in [-0.05, 0) is 77.0 Å². The first-order valence-electron chi connectivity index (χ1n) is 19.4. The predicted molar refractivity (Wildman–Crippen MR) is 210 cm³/mol. The summed E-state index contributed by atoms with van der Waals surface area (Å²) in [5.74, 6) is -0.883. The van der Waals surface area contributed by atoms with Crippen molar-refractivity contribution in [3.8, 4) is 0 Å². The van der Waals surface area contributed by atoms with E-state index in [1.54, 1.807) is 0 Å². The number of hydrogen-bond donors (Lipinski definition) is 2. The van der Waals surface area contributed by atoms with E-state index in [1.165, 1.54) is 19.3 Å². The van der Waals surface area contributed by atoms with Gasteiger partial charge in [0.25, 0.3) is 0 Å². The molecule has 0 aromatic carbocycles. The lowest BCUT2D eigenvalue weighted by Crippen LogP contribution is -2.29. The summed E-state index contributed by atoms with van der Waals surface area (Å²) in [5, 5.41) is 0. The lowest BCUT2D eigenvalue weighted by Gasteiger charge is -2.19. The zero-order chi connectivity index (χ0) is 37.5. The Morgan fingerprint density at radius 2 is 1.02 bits per heavy atom. The van der Waals surface area contributed by atoms with Crippen LogP contribution >= 0.6 is 7.82 Å². The third-order valence-electron chi connectivity index (χ3n) is 7.59. The van der Waals surface area contributed by atoms with Crippen LogP contribution in [0.4, 0.5) is 0 Å². The molecular formula is C41H70NO8P. The molecule has 0 rings (SSSR count). The molecule has 0 saturated heterocycles. The Morgan fingerprint density at radius 3 is 1.53 bits per heavy atom. The summed E-state index contributed by atoms with van der Waals surface area (Å²) in [6.07, 6.45) is 43.6. The highest BCUT2D eigenvalue weighted by Crippen LogP contribution is 2.43. The molecule has 292 valence electrons. The molecular weight excluding hydrogens is 665 g/mol. The summed E-state index contributed by atoms with van der Waals surface area (Å²) in [7, 11) is -4.39. The summed E-state index contributed by atoms with van der Waals surface area (Å²) in [6.45, 7) is 3.43. The highest BCUT2D eigenvalue weighted by atomic mass is 31.2. The molecule has 0 aliphatic rings. The quantitative estimate of drug-likeness (QED) is 0.0282. The van der Waals surface area contributed by atoms with Gasteiger partial charge in [-0.3, -0.25) is 18.6 Å². The van der Waals surface area contributed by atoms with Gasteiger partial charge in [0.2, 0.25) is 0 Å². The summed E-state index contributed by atoms with van der Waals surface area (Å²) in [4.78, 5) is 34.7. The van der Waals surface area contributed by atoms with Crippen molar-refractivity contribution in [1.82, 2.24) is 0 Å². The van der Waals surface area contributed by atoms with Crippen LogP contribution in [0.15, 0.2) is 72.9 Å². The minimum atomic E-state index is -4.39. The number of allylic oxidation sites excluding steroid dienone is 12. The minimum Gasteiger partial charge on any atom is -0.462 e. The van der Waals surface area contributed by atoms with E-state index in [0.29, 0.717) is 12.8 Å². The van der Waals surface area contributed by atoms with Crippen LogP contribution in [-0.2, 0) is 32.7 Å². The largest absolute Gasteiger partial charge is 0.472 e. The third kappa shape index (κ3) is 37.0. The van der Waals surface area contributed by atoms with Crippen molar-refractivity contribution in [2.75, 3.05) is 26.4 Å². The number of hydrogen-bond acceptors (Lipinski definition) is 8. The number of nitrogens with two attached hydrogens (primary N) is 1. The van der Waals surface area contributed by atoms with Crippen molar-refractivity contribution in [2.45, 2.75) is 148 Å². The van der Waals surface area contributed by atoms with Crippen LogP contribution in [0.25, 0.3) is 0 Å². The molecule has 3 N–H and O–H groups in total. The van der Waals surface area contributed by atoms with Crippen molar-refractivity contribution < 1.29 is 37.6 Å². The molecule has 0 saturated carbocycles. The van der Waals surface area contributed by atoms with Gasteiger partial charge in [0, 0.05) is 19.4 Å². The fraction of sp³-hybridized carbons (Fsp3) is 0.659. The van der Waals surface area contributed by atoms with Crippen LogP contribution in [-0.4, -0.2) is 49.3 Å². The smallest absolute Gasteiger partial charge is 0.462 e. The lowest BCUT2D eigenvalue weighted by atomic mass is 10.1. The number of phosphoric acid groups is 1. The Labute approximate surface area is 310 Å². The van der Waals surface area contributed by atoms with E-state index < -0.39 is 32.5 Å². The predicted octanol–water partition coefficient (Wildman–Crippen LogP) is 10.7. The van der Waals surface area contributed by atoms with Gasteiger partial charge in [0.05, 0.1) is 13.2 Å². The molecule has 0 radical (unpaired) electrons. The number of phosphoric ester groups is 1. The molecule has 0 spiro atoms. The number of esters is 2. The first-order chi connectivity index (χ1) is 24.8. The fourth-order valence-electron chi connectivity index (χ4n) is 4.78. The van der Waals surface area contributed by atoms with Crippen molar-refractivity contribution >= 4 is 19.8 Å². The van der Waals surface area contributed by atoms with Crippen molar-refractivity contribution in [3.63, 3.8) is 0 Å². The SMILES string of the molecule is CC/C=C\C/C=C\C/C=C\CCCCCCCCCC(=O)OC(COC(=O)CCCCC/C=C\C/C=C\C/C=C\CC)COP(=O)(O)OCCN. The second-order valence-corrected chi connectivity index (χ2v) is 13.8. The maximum absolute atomic E-state index is 12.5. The zero-order valence-electron chi connectivity index (χ0n) is 31.8. The number of unbranched alkanes of at least 4 members (excludes halogenated alkanes) is 10. The average Bonchev–Trinajstić information content (AvgIpc) is 3.11. The molecule has 2 atom stereocenters. The molecule has 0 bridgehead atoms. The van der Waals surface area contributed by atoms with Crippen molar-refractivity contribution in [2.24, 2.45) is 5.73 Å². The molecule has 0 aromatic heterocycles. The highest BCUT2D eigenvalue weighted by Gasteiger charge is 2.25. The average molecular weight is 736 g/mol. The van der Waals surface area contributed by atoms with Gasteiger partial charge in [-0.15, -0.1) is 0 Å². The molecule has 9 nitrogen and oxygen atoms in total. The molecule has 0 aliphatic carbocycles. The van der Waals surface area contributed by atoms with Gasteiger partial charge in [0.15, 0.2) is 6.10 Å². The van der Waals surface area contributed by atoms with Gasteiger partial charge in [-0.2, -0.15) is 0 Å². The first kappa shape index (κ1) is 48.5. The van der Waals surface area contributed by atoms with Crippen molar-refractivity contribution in [3.05, 3.63) is 72.9 Å². The van der Waals surface area contributed by atoms with Gasteiger partial charge in [-0.25, -0.2) is 4.57 Å². The monoisotopic (exact) mass is 735 g/mol. The summed E-state index contributed by atoms with van der Waals surface area (Å²) in [6, 6.07) is 0. The van der Waals surface area contributed by atoms with Gasteiger partial charge in [-0.1, -0.05) is 125 Å². The molecule has 0 heterocycles. The Balaban J connectivity index is 4.28. The van der Waals surface area contributed by atoms with Gasteiger partial charge in [0.1, 0.15) is 6.61 Å². The van der Waals surface area contributed by atoms with Crippen LogP contribution in [0.2, 0.25) is 0 Å². The molecule has 51 heavy (non-hydrogen) atoms. The molecule has 2 unspecified atom stereocenters. The molecule has 0 fully saturated rings. The van der Waals surface area contributed by atoms with Gasteiger partial charge < -0.3 is 20.1 Å². The molecule has 0 amide bonds. The highest BCUT2D eigenvalue weighted by molar-refractivity contribution is 7.47. The summed E-state index contributed by atoms with van der Waals surface area (Å²) in [5.41, 5.74) is 5.33. The van der Waals surface area contributed by atoms with Crippen LogP contribution in [0, 0.1) is 0 Å². The number of ether oxygens (including phenoxy) is 2. The minimum absolute atomic E-state index is 0.0436. The normalized spacial score (nSPS) is 14.2. The zero-order valence-corrected chi connectivity index (χ0v) is 32.7. The number of carbonyl (C=O) groups excluding carboxylic acids is 2. The first-order valence-corrected chi connectivity index (χ1v) is 20.9. The maximum atomic E-state index is 12.5. The van der Waals surface area contributed by atoms with E-state index in [0.717, 1.165) is 83.5 Å². The van der Waals surface area contributed by atoms with Crippen LogP contribution < -0.4 is 5.73 Å². The Bertz CT molecular complexity index is 1070. The second-order valence-electron chi connectivity index (χ2n) is 12.4. The molecule has 10 heteroatoms. The van der Waals surface area contributed by atoms with Crippen molar-refractivity contribution in [1.29, 1.82) is 0 Å². The lowest BCUT2D eigenvalue weighted by molar-refractivity contribution is -0.161. The number of rotatable bonds is 35. The number of carbonyl (C=O) groups is 2. The fourth-order valence-corrected chi connectivity index (χ4v) is 5.54. The van der Waals surface area contributed by atoms with E-state index >= 15 is 0 Å². The van der Waals surface area contributed by atoms with E-state index in [9.17, 15) is 19.0 Å². The Hall–Kier alpha value is -2.55.